The van der Waals surface area contributed by atoms with Gasteiger partial charge in [0.05, 0.1) is 17.9 Å². The molecule has 2 atom stereocenters. The van der Waals surface area contributed by atoms with Crippen LogP contribution in [-0.2, 0) is 15.9 Å². The Balaban J connectivity index is 1.72. The highest BCUT2D eigenvalue weighted by Gasteiger charge is 2.41. The van der Waals surface area contributed by atoms with E-state index in [2.05, 4.69) is 44.3 Å². The van der Waals surface area contributed by atoms with Crippen LogP contribution < -0.4 is 0 Å². The van der Waals surface area contributed by atoms with Crippen LogP contribution >= 0.6 is 0 Å². The number of hydrogen-bond donors (Lipinski definition) is 2. The number of carbonyl (C=O) groups is 1. The molecule has 9 nitrogen and oxygen atoms in total. The number of nitrogens with zero attached hydrogens (tertiary/aromatic N) is 4. The summed E-state index contributed by atoms with van der Waals surface area (Å²) in [6.07, 6.45) is 8.55. The molecule has 1 fully saturated rings. The molecule has 1 saturated heterocycles. The van der Waals surface area contributed by atoms with Crippen molar-refractivity contribution in [1.82, 2.24) is 30.8 Å². The Hall–Kier alpha value is -2.39. The number of ketones is 1. The molecule has 1 aliphatic heterocycles. The van der Waals surface area contributed by atoms with Crippen LogP contribution in [0.3, 0.4) is 0 Å². The Morgan fingerprint density at radius 3 is 2.52 bits per heavy atom. The third-order valence-electron chi connectivity index (χ3n) is 5.11. The van der Waals surface area contributed by atoms with Crippen LogP contribution in [0.25, 0.3) is 11.4 Å². The average Bonchev–Trinajstić information content (AvgIpc) is 3.39. The van der Waals surface area contributed by atoms with E-state index in [1.165, 1.54) is 31.8 Å². The minimum Gasteiger partial charge on any atom is -0.345 e. The fourth-order valence-electron chi connectivity index (χ4n) is 3.73. The number of carbonyl (C=O) groups excluding carboxylic acids is 1. The van der Waals surface area contributed by atoms with Crippen LogP contribution in [0.2, 0.25) is 0 Å². The summed E-state index contributed by atoms with van der Waals surface area (Å²) < 4.78 is 12.3. The topological polar surface area (TPSA) is 119 Å². The Kier molecular flexibility index (Phi) is 6.92. The van der Waals surface area contributed by atoms with Crippen molar-refractivity contribution in [2.24, 2.45) is 0 Å². The molecular weight excluding hydrogens is 372 g/mol. The maximum absolute atomic E-state index is 12.0. The molecule has 3 rings (SSSR count). The second-order valence-electron chi connectivity index (χ2n) is 7.86. The van der Waals surface area contributed by atoms with Gasteiger partial charge in [-0.05, 0) is 26.3 Å². The standard InChI is InChI=1S/C20H30N6O3/c1-5-7-8-9-10-11-15-16(29-20(3,4)28-15)12-13-17(22-25-21-13)19-18(14(27)6-2)23-26-24-19/h6,15-16H,2,5,7-12H2,1,3-4H3,(H,21,22,25)(H,23,24,26)/t15-,16-/m1/s1. The predicted molar refractivity (Wildman–Crippen MR) is 107 cm³/mol. The molecule has 2 aromatic heterocycles. The van der Waals surface area contributed by atoms with Gasteiger partial charge in [0, 0.05) is 6.42 Å². The van der Waals surface area contributed by atoms with Gasteiger partial charge >= 0.3 is 0 Å². The molecule has 2 N–H and O–H groups in total. The lowest BCUT2D eigenvalue weighted by Gasteiger charge is -2.16. The Morgan fingerprint density at radius 1 is 1.07 bits per heavy atom. The number of H-pyrrole nitrogens is 2. The van der Waals surface area contributed by atoms with Crippen molar-refractivity contribution < 1.29 is 14.3 Å². The SMILES string of the molecule is C=CC(=O)c1nn[nH]c1-c1[nH]nnc1C[C@H]1OC(C)(C)O[C@@H]1CCCCCCC. The fraction of sp³-hybridized carbons (Fsp3) is 0.650. The first kappa shape index (κ1) is 21.3. The van der Waals surface area contributed by atoms with E-state index in [4.69, 9.17) is 9.47 Å². The zero-order chi connectivity index (χ0) is 20.9. The van der Waals surface area contributed by atoms with Gasteiger partial charge in [-0.15, -0.1) is 10.2 Å². The molecule has 0 spiro atoms. The summed E-state index contributed by atoms with van der Waals surface area (Å²) in [5.41, 5.74) is 1.89. The first-order chi connectivity index (χ1) is 13.9. The number of aromatic nitrogens is 6. The molecule has 158 valence electrons. The van der Waals surface area contributed by atoms with Crippen LogP contribution in [0, 0.1) is 0 Å². The smallest absolute Gasteiger partial charge is 0.207 e. The summed E-state index contributed by atoms with van der Waals surface area (Å²) in [5.74, 6) is -0.955. The predicted octanol–water partition coefficient (Wildman–Crippen LogP) is 3.38. The quantitative estimate of drug-likeness (QED) is 0.336. The molecule has 29 heavy (non-hydrogen) atoms. The highest BCUT2D eigenvalue weighted by Crippen LogP contribution is 2.34. The molecule has 0 saturated carbocycles. The Labute approximate surface area is 170 Å². The molecule has 0 bridgehead atoms. The summed E-state index contributed by atoms with van der Waals surface area (Å²) in [7, 11) is 0. The van der Waals surface area contributed by atoms with Gasteiger partial charge in [-0.1, -0.05) is 56.0 Å². The van der Waals surface area contributed by atoms with Crippen molar-refractivity contribution in [2.45, 2.75) is 83.7 Å². The minimum absolute atomic E-state index is 0.00894. The number of unbranched alkanes of at least 4 members (excludes halogenated alkanes) is 4. The van der Waals surface area contributed by atoms with E-state index in [1.54, 1.807) is 0 Å². The van der Waals surface area contributed by atoms with Crippen LogP contribution in [0.4, 0.5) is 0 Å². The van der Waals surface area contributed by atoms with Gasteiger partial charge in [-0.25, -0.2) is 0 Å². The normalized spacial score (nSPS) is 20.8. The van der Waals surface area contributed by atoms with E-state index < -0.39 is 5.79 Å². The first-order valence-corrected chi connectivity index (χ1v) is 10.3. The third kappa shape index (κ3) is 5.16. The first-order valence-electron chi connectivity index (χ1n) is 10.3. The van der Waals surface area contributed by atoms with Gasteiger partial charge in [-0.2, -0.15) is 0 Å². The van der Waals surface area contributed by atoms with Crippen molar-refractivity contribution in [3.05, 3.63) is 24.0 Å². The summed E-state index contributed by atoms with van der Waals surface area (Å²) >= 11 is 0. The molecule has 0 radical (unpaired) electrons. The summed E-state index contributed by atoms with van der Waals surface area (Å²) in [5, 5.41) is 21.3. The monoisotopic (exact) mass is 402 g/mol. The highest BCUT2D eigenvalue weighted by atomic mass is 16.7. The van der Waals surface area contributed by atoms with E-state index in [0.717, 1.165) is 12.8 Å². The largest absolute Gasteiger partial charge is 0.345 e. The molecule has 0 aromatic carbocycles. The number of allylic oxidation sites excluding steroid dienone is 1. The van der Waals surface area contributed by atoms with E-state index in [9.17, 15) is 4.79 Å². The van der Waals surface area contributed by atoms with Gasteiger partial charge < -0.3 is 9.47 Å². The lowest BCUT2D eigenvalue weighted by molar-refractivity contribution is -0.146. The van der Waals surface area contributed by atoms with Gasteiger partial charge in [0.2, 0.25) is 5.78 Å². The number of aromatic amines is 2. The van der Waals surface area contributed by atoms with Gasteiger partial charge in [0.25, 0.3) is 0 Å². The summed E-state index contributed by atoms with van der Waals surface area (Å²) in [4.78, 5) is 12.0. The number of hydrogen-bond acceptors (Lipinski definition) is 7. The van der Waals surface area contributed by atoms with E-state index >= 15 is 0 Å². The van der Waals surface area contributed by atoms with E-state index in [1.807, 2.05) is 13.8 Å². The molecule has 0 amide bonds. The van der Waals surface area contributed by atoms with Crippen LogP contribution in [0.1, 0.15) is 75.5 Å². The number of ether oxygens (including phenoxy) is 2. The lowest BCUT2D eigenvalue weighted by Crippen LogP contribution is -2.25. The number of nitrogens with one attached hydrogen (secondary N) is 2. The highest BCUT2D eigenvalue weighted by molar-refractivity contribution is 6.06. The van der Waals surface area contributed by atoms with Crippen molar-refractivity contribution in [2.75, 3.05) is 0 Å². The maximum atomic E-state index is 12.0. The molecule has 0 aliphatic carbocycles. The zero-order valence-electron chi connectivity index (χ0n) is 17.4. The molecular formula is C20H30N6O3. The van der Waals surface area contributed by atoms with Gasteiger partial charge in [0.15, 0.2) is 11.5 Å². The van der Waals surface area contributed by atoms with Crippen LogP contribution in [0.15, 0.2) is 12.7 Å². The molecule has 9 heteroatoms. The van der Waals surface area contributed by atoms with Crippen molar-refractivity contribution in [3.8, 4) is 11.4 Å². The third-order valence-corrected chi connectivity index (χ3v) is 5.11. The van der Waals surface area contributed by atoms with Crippen molar-refractivity contribution >= 4 is 5.78 Å². The van der Waals surface area contributed by atoms with Crippen LogP contribution in [0.5, 0.6) is 0 Å². The van der Waals surface area contributed by atoms with Crippen molar-refractivity contribution in [1.29, 1.82) is 0 Å². The molecule has 3 heterocycles. The average molecular weight is 402 g/mol. The molecule has 0 unspecified atom stereocenters. The Bertz CT molecular complexity index is 828. The second kappa shape index (κ2) is 9.41. The maximum Gasteiger partial charge on any atom is 0.207 e. The summed E-state index contributed by atoms with van der Waals surface area (Å²) in [6.45, 7) is 9.58. The fourth-order valence-corrected chi connectivity index (χ4v) is 3.73. The minimum atomic E-state index is -0.637. The van der Waals surface area contributed by atoms with Gasteiger partial charge in [0.1, 0.15) is 11.4 Å². The van der Waals surface area contributed by atoms with E-state index in [-0.39, 0.29) is 23.7 Å². The number of rotatable bonds is 11. The zero-order valence-corrected chi connectivity index (χ0v) is 17.4. The van der Waals surface area contributed by atoms with Gasteiger partial charge in [-0.3, -0.25) is 15.0 Å². The summed E-state index contributed by atoms with van der Waals surface area (Å²) in [6, 6.07) is 0. The lowest BCUT2D eigenvalue weighted by atomic mass is 10.00. The molecule has 2 aromatic rings. The van der Waals surface area contributed by atoms with E-state index in [0.29, 0.717) is 23.5 Å². The second-order valence-corrected chi connectivity index (χ2v) is 7.86. The van der Waals surface area contributed by atoms with Crippen molar-refractivity contribution in [3.63, 3.8) is 0 Å². The molecule has 1 aliphatic rings. The van der Waals surface area contributed by atoms with Crippen LogP contribution in [-0.4, -0.2) is 54.6 Å². The Morgan fingerprint density at radius 2 is 1.76 bits per heavy atom.